The van der Waals surface area contributed by atoms with Crippen LogP contribution in [0, 0.1) is 12.3 Å². The van der Waals surface area contributed by atoms with Gasteiger partial charge in [-0.15, -0.1) is 0 Å². The van der Waals surface area contributed by atoms with Gasteiger partial charge < -0.3 is 19.9 Å². The summed E-state index contributed by atoms with van der Waals surface area (Å²) in [6.07, 6.45) is 5.20. The number of benzene rings is 1. The SMILES string of the molecule is C=C(C)Nc1cc(C)c2c(C(=O)OCC34CCN(CC3)CC4)c[nH]c2c1. The van der Waals surface area contributed by atoms with Gasteiger partial charge in [0.15, 0.2) is 0 Å². The second-order valence-corrected chi connectivity index (χ2v) is 7.99. The number of anilines is 1. The molecule has 5 heteroatoms. The summed E-state index contributed by atoms with van der Waals surface area (Å²) >= 11 is 0. The standard InChI is InChI=1S/C21H27N3O2/c1-14(2)23-16-10-15(3)19-17(12-22-18(19)11-16)20(25)26-13-21-4-7-24(8-5-21)9-6-21/h10-12,22-23H,1,4-9,13H2,2-3H3. The number of esters is 1. The fraction of sp³-hybridized carbons (Fsp3) is 0.476. The van der Waals surface area contributed by atoms with E-state index in [1.807, 2.05) is 26.0 Å². The Hall–Kier alpha value is -2.27. The molecule has 0 aliphatic carbocycles. The van der Waals surface area contributed by atoms with Crippen LogP contribution in [0.2, 0.25) is 0 Å². The molecule has 3 fully saturated rings. The van der Waals surface area contributed by atoms with Gasteiger partial charge in [-0.05, 0) is 70.4 Å². The average Bonchev–Trinajstić information content (AvgIpc) is 3.05. The first-order valence-corrected chi connectivity index (χ1v) is 9.40. The molecule has 0 atom stereocenters. The number of carbonyl (C=O) groups is 1. The number of H-pyrrole nitrogens is 1. The van der Waals surface area contributed by atoms with Crippen LogP contribution in [0.1, 0.15) is 42.1 Å². The molecule has 5 rings (SSSR count). The molecule has 3 saturated heterocycles. The first-order valence-electron chi connectivity index (χ1n) is 9.40. The lowest BCUT2D eigenvalue weighted by Gasteiger charge is -2.47. The van der Waals surface area contributed by atoms with E-state index >= 15 is 0 Å². The van der Waals surface area contributed by atoms with Crippen LogP contribution in [0.3, 0.4) is 0 Å². The summed E-state index contributed by atoms with van der Waals surface area (Å²) < 4.78 is 5.80. The fourth-order valence-corrected chi connectivity index (χ4v) is 4.37. The second-order valence-electron chi connectivity index (χ2n) is 7.99. The summed E-state index contributed by atoms with van der Waals surface area (Å²) in [5, 5.41) is 4.17. The Labute approximate surface area is 154 Å². The molecular formula is C21H27N3O2. The van der Waals surface area contributed by atoms with Crippen molar-refractivity contribution < 1.29 is 9.53 Å². The second kappa shape index (κ2) is 6.47. The Bertz CT molecular complexity index is 846. The molecule has 0 unspecified atom stereocenters. The van der Waals surface area contributed by atoms with Gasteiger partial charge in [-0.25, -0.2) is 4.79 Å². The molecule has 1 aromatic heterocycles. The highest BCUT2D eigenvalue weighted by atomic mass is 16.5. The highest BCUT2D eigenvalue weighted by molar-refractivity contribution is 6.06. The minimum absolute atomic E-state index is 0.199. The van der Waals surface area contributed by atoms with Gasteiger partial charge in [-0.3, -0.25) is 0 Å². The minimum atomic E-state index is -0.220. The predicted molar refractivity (Wildman–Crippen MR) is 104 cm³/mol. The van der Waals surface area contributed by atoms with E-state index in [9.17, 15) is 4.79 Å². The topological polar surface area (TPSA) is 57.4 Å². The Kier molecular flexibility index (Phi) is 4.27. The molecule has 0 radical (unpaired) electrons. The molecule has 2 aromatic rings. The number of rotatable bonds is 5. The molecule has 2 N–H and O–H groups in total. The van der Waals surface area contributed by atoms with E-state index in [0.717, 1.165) is 66.7 Å². The van der Waals surface area contributed by atoms with Gasteiger partial charge in [0.25, 0.3) is 0 Å². The van der Waals surface area contributed by atoms with Gasteiger partial charge in [0, 0.05) is 33.9 Å². The maximum atomic E-state index is 12.8. The molecule has 0 amide bonds. The lowest BCUT2D eigenvalue weighted by molar-refractivity contribution is -0.0304. The molecule has 26 heavy (non-hydrogen) atoms. The van der Waals surface area contributed by atoms with E-state index in [1.54, 1.807) is 6.20 Å². The van der Waals surface area contributed by atoms with Gasteiger partial charge in [0.05, 0.1) is 12.2 Å². The number of nitrogens with zero attached hydrogens (tertiary/aromatic N) is 1. The van der Waals surface area contributed by atoms with Crippen molar-refractivity contribution >= 4 is 22.6 Å². The molecule has 5 nitrogen and oxygen atoms in total. The van der Waals surface area contributed by atoms with Crippen molar-refractivity contribution in [3.8, 4) is 0 Å². The van der Waals surface area contributed by atoms with E-state index < -0.39 is 0 Å². The van der Waals surface area contributed by atoms with Crippen molar-refractivity contribution in [1.82, 2.24) is 9.88 Å². The zero-order valence-electron chi connectivity index (χ0n) is 15.7. The van der Waals surface area contributed by atoms with Crippen LogP contribution < -0.4 is 5.32 Å². The van der Waals surface area contributed by atoms with Gasteiger partial charge >= 0.3 is 5.97 Å². The Balaban J connectivity index is 1.52. The third kappa shape index (κ3) is 3.12. The molecule has 0 saturated carbocycles. The molecule has 4 heterocycles. The molecule has 3 aliphatic rings. The lowest BCUT2D eigenvalue weighted by Crippen LogP contribution is -2.50. The Morgan fingerprint density at radius 1 is 1.31 bits per heavy atom. The van der Waals surface area contributed by atoms with E-state index in [-0.39, 0.29) is 11.4 Å². The summed E-state index contributed by atoms with van der Waals surface area (Å²) in [7, 11) is 0. The van der Waals surface area contributed by atoms with Crippen LogP contribution in [-0.2, 0) is 4.74 Å². The monoisotopic (exact) mass is 353 g/mol. The normalized spacial score (nSPS) is 24.6. The molecular weight excluding hydrogens is 326 g/mol. The van der Waals surface area contributed by atoms with Crippen molar-refractivity contribution in [3.63, 3.8) is 0 Å². The zero-order chi connectivity index (χ0) is 18.3. The van der Waals surface area contributed by atoms with E-state index in [0.29, 0.717) is 12.2 Å². The Morgan fingerprint density at radius 3 is 2.65 bits per heavy atom. The zero-order valence-corrected chi connectivity index (χ0v) is 15.7. The van der Waals surface area contributed by atoms with Crippen LogP contribution in [0.15, 0.2) is 30.6 Å². The maximum absolute atomic E-state index is 12.8. The third-order valence-corrected chi connectivity index (χ3v) is 5.94. The summed E-state index contributed by atoms with van der Waals surface area (Å²) in [4.78, 5) is 18.5. The number of aromatic nitrogens is 1. The number of piperidine rings is 3. The number of ether oxygens (including phenoxy) is 1. The fourth-order valence-electron chi connectivity index (χ4n) is 4.37. The maximum Gasteiger partial charge on any atom is 0.340 e. The number of fused-ring (bicyclic) bond motifs is 4. The molecule has 1 aromatic carbocycles. The number of hydrogen-bond donors (Lipinski definition) is 2. The number of allylic oxidation sites excluding steroid dienone is 1. The smallest absolute Gasteiger partial charge is 0.340 e. The number of nitrogens with one attached hydrogen (secondary N) is 2. The van der Waals surface area contributed by atoms with Gasteiger partial charge in [0.2, 0.25) is 0 Å². The van der Waals surface area contributed by atoms with Crippen molar-refractivity contribution in [1.29, 1.82) is 0 Å². The highest BCUT2D eigenvalue weighted by Gasteiger charge is 2.40. The number of carbonyl (C=O) groups excluding carboxylic acids is 1. The highest BCUT2D eigenvalue weighted by Crippen LogP contribution is 2.40. The first kappa shape index (κ1) is 17.2. The van der Waals surface area contributed by atoms with Crippen LogP contribution in [0.5, 0.6) is 0 Å². The van der Waals surface area contributed by atoms with Crippen LogP contribution in [0.25, 0.3) is 10.9 Å². The van der Waals surface area contributed by atoms with Crippen molar-refractivity contribution in [2.45, 2.75) is 33.1 Å². The van der Waals surface area contributed by atoms with E-state index in [2.05, 4.69) is 21.8 Å². The first-order chi connectivity index (χ1) is 12.5. The molecule has 0 spiro atoms. The number of aromatic amines is 1. The third-order valence-electron chi connectivity index (χ3n) is 5.94. The lowest BCUT2D eigenvalue weighted by atomic mass is 9.73. The van der Waals surface area contributed by atoms with Gasteiger partial charge in [-0.2, -0.15) is 0 Å². The van der Waals surface area contributed by atoms with Crippen LogP contribution in [-0.4, -0.2) is 42.1 Å². The van der Waals surface area contributed by atoms with Crippen molar-refractivity contribution in [2.75, 3.05) is 31.6 Å². The molecule has 3 aliphatic heterocycles. The van der Waals surface area contributed by atoms with E-state index in [1.165, 1.54) is 0 Å². The molecule has 138 valence electrons. The predicted octanol–water partition coefficient (Wildman–Crippen LogP) is 4.06. The van der Waals surface area contributed by atoms with Crippen LogP contribution >= 0.6 is 0 Å². The average molecular weight is 353 g/mol. The van der Waals surface area contributed by atoms with Gasteiger partial charge in [-0.1, -0.05) is 6.58 Å². The van der Waals surface area contributed by atoms with E-state index in [4.69, 9.17) is 4.74 Å². The summed E-state index contributed by atoms with van der Waals surface area (Å²) in [6.45, 7) is 11.8. The largest absolute Gasteiger partial charge is 0.461 e. The quantitative estimate of drug-likeness (QED) is 0.796. The summed E-state index contributed by atoms with van der Waals surface area (Å²) in [5.41, 5.74) is 4.66. The summed E-state index contributed by atoms with van der Waals surface area (Å²) in [5.74, 6) is -0.220. The number of aryl methyl sites for hydroxylation is 1. The van der Waals surface area contributed by atoms with Crippen molar-refractivity contribution in [2.24, 2.45) is 5.41 Å². The summed E-state index contributed by atoms with van der Waals surface area (Å²) in [6, 6.07) is 4.04. The molecule has 2 bridgehead atoms. The minimum Gasteiger partial charge on any atom is -0.461 e. The van der Waals surface area contributed by atoms with Gasteiger partial charge in [0.1, 0.15) is 0 Å². The Morgan fingerprint density at radius 2 is 2.00 bits per heavy atom. The number of hydrogen-bond acceptors (Lipinski definition) is 4. The van der Waals surface area contributed by atoms with Crippen molar-refractivity contribution in [3.05, 3.63) is 41.7 Å². The van der Waals surface area contributed by atoms with Crippen LogP contribution in [0.4, 0.5) is 5.69 Å².